The average molecular weight is 215 g/mol. The van der Waals surface area contributed by atoms with Crippen LogP contribution in [0.2, 0.25) is 0 Å². The fraction of sp³-hybridized carbons (Fsp3) is 0.778. The molecule has 1 atom stereocenters. The second-order valence-electron chi connectivity index (χ2n) is 3.35. The molecule has 0 aromatic rings. The van der Waals surface area contributed by atoms with E-state index >= 15 is 0 Å². The van der Waals surface area contributed by atoms with Crippen molar-refractivity contribution in [2.45, 2.75) is 6.04 Å². The molecule has 0 aromatic heterocycles. The third-order valence-electron chi connectivity index (χ3n) is 2.38. The molecule has 0 aromatic carbocycles. The van der Waals surface area contributed by atoms with Gasteiger partial charge in [-0.25, -0.2) is 0 Å². The number of carbonyl (C=O) groups excluding carboxylic acids is 2. The van der Waals surface area contributed by atoms with Crippen molar-refractivity contribution in [3.05, 3.63) is 0 Å². The summed E-state index contributed by atoms with van der Waals surface area (Å²) in [5, 5.41) is 5.63. The van der Waals surface area contributed by atoms with E-state index in [0.717, 1.165) is 0 Å². The number of hydrogen-bond donors (Lipinski definition) is 2. The lowest BCUT2D eigenvalue weighted by molar-refractivity contribution is -0.144. The van der Waals surface area contributed by atoms with Crippen molar-refractivity contribution < 1.29 is 14.3 Å². The van der Waals surface area contributed by atoms with E-state index in [4.69, 9.17) is 4.74 Å². The minimum Gasteiger partial charge on any atom is -0.375 e. The molecule has 1 aliphatic rings. The van der Waals surface area contributed by atoms with Crippen LogP contribution in [0.15, 0.2) is 0 Å². The number of likely N-dealkylation sites (N-methyl/N-ethyl adjacent to an activating group) is 1. The van der Waals surface area contributed by atoms with E-state index < -0.39 is 6.04 Å². The summed E-state index contributed by atoms with van der Waals surface area (Å²) in [6.07, 6.45) is 0. The molecule has 6 heteroatoms. The summed E-state index contributed by atoms with van der Waals surface area (Å²) in [6.45, 7) is 1.77. The quantitative estimate of drug-likeness (QED) is 0.581. The van der Waals surface area contributed by atoms with Gasteiger partial charge in [-0.2, -0.15) is 0 Å². The molecule has 2 N–H and O–H groups in total. The highest BCUT2D eigenvalue weighted by atomic mass is 16.5. The number of nitrogens with one attached hydrogen (secondary N) is 2. The van der Waals surface area contributed by atoms with Gasteiger partial charge < -0.3 is 20.3 Å². The van der Waals surface area contributed by atoms with Crippen LogP contribution in [-0.2, 0) is 14.3 Å². The Morgan fingerprint density at radius 1 is 1.60 bits per heavy atom. The number of rotatable bonds is 3. The number of carbonyl (C=O) groups is 2. The standard InChI is InChI=1S/C9H17N3O3/c1-10-9(14)7-5-11-3-4-12(7)8(13)6-15-2/h7,11H,3-6H2,1-2H3,(H,10,14)/t7-/m1/s1. The van der Waals surface area contributed by atoms with E-state index in [1.807, 2.05) is 0 Å². The first-order chi connectivity index (χ1) is 7.20. The maximum Gasteiger partial charge on any atom is 0.249 e. The maximum atomic E-state index is 11.6. The molecular formula is C9H17N3O3. The molecule has 1 fully saturated rings. The summed E-state index contributed by atoms with van der Waals surface area (Å²) in [7, 11) is 3.03. The topological polar surface area (TPSA) is 70.7 Å². The van der Waals surface area contributed by atoms with Crippen molar-refractivity contribution in [1.82, 2.24) is 15.5 Å². The Kier molecular flexibility index (Phi) is 4.51. The number of amides is 2. The Bertz CT molecular complexity index is 245. The first-order valence-corrected chi connectivity index (χ1v) is 4.91. The van der Waals surface area contributed by atoms with Gasteiger partial charge in [-0.3, -0.25) is 9.59 Å². The second-order valence-corrected chi connectivity index (χ2v) is 3.35. The van der Waals surface area contributed by atoms with Gasteiger partial charge in [0.05, 0.1) is 0 Å². The Hall–Kier alpha value is -1.14. The first kappa shape index (κ1) is 11.9. The summed E-state index contributed by atoms with van der Waals surface area (Å²) in [5.41, 5.74) is 0. The van der Waals surface area contributed by atoms with Crippen LogP contribution in [0, 0.1) is 0 Å². The second kappa shape index (κ2) is 5.67. The highest BCUT2D eigenvalue weighted by molar-refractivity contribution is 5.88. The van der Waals surface area contributed by atoms with E-state index in [0.29, 0.717) is 19.6 Å². The Morgan fingerprint density at radius 2 is 2.33 bits per heavy atom. The van der Waals surface area contributed by atoms with E-state index in [9.17, 15) is 9.59 Å². The summed E-state index contributed by atoms with van der Waals surface area (Å²) in [6, 6.07) is -0.425. The predicted octanol–water partition coefficient (Wildman–Crippen LogP) is -1.82. The van der Waals surface area contributed by atoms with Crippen LogP contribution in [0.25, 0.3) is 0 Å². The summed E-state index contributed by atoms with van der Waals surface area (Å²) < 4.78 is 4.78. The van der Waals surface area contributed by atoms with Crippen LogP contribution in [0.1, 0.15) is 0 Å². The van der Waals surface area contributed by atoms with E-state index in [2.05, 4.69) is 10.6 Å². The van der Waals surface area contributed by atoms with Crippen LogP contribution in [-0.4, -0.2) is 63.2 Å². The van der Waals surface area contributed by atoms with E-state index in [-0.39, 0.29) is 18.4 Å². The smallest absolute Gasteiger partial charge is 0.249 e. The van der Waals surface area contributed by atoms with Crippen molar-refractivity contribution in [2.24, 2.45) is 0 Å². The van der Waals surface area contributed by atoms with Crippen LogP contribution in [0.3, 0.4) is 0 Å². The zero-order chi connectivity index (χ0) is 11.3. The third-order valence-corrected chi connectivity index (χ3v) is 2.38. The molecule has 6 nitrogen and oxygen atoms in total. The highest BCUT2D eigenvalue weighted by Crippen LogP contribution is 2.04. The molecule has 1 rings (SSSR count). The monoisotopic (exact) mass is 215 g/mol. The zero-order valence-corrected chi connectivity index (χ0v) is 9.08. The third kappa shape index (κ3) is 2.90. The molecule has 0 bridgehead atoms. The molecule has 0 radical (unpaired) electrons. The maximum absolute atomic E-state index is 11.6. The molecular weight excluding hydrogens is 198 g/mol. The molecule has 0 saturated carbocycles. The number of hydrogen-bond acceptors (Lipinski definition) is 4. The summed E-state index contributed by atoms with van der Waals surface area (Å²) in [4.78, 5) is 24.7. The average Bonchev–Trinajstić information content (AvgIpc) is 2.28. The Morgan fingerprint density at radius 3 is 2.93 bits per heavy atom. The van der Waals surface area contributed by atoms with Gasteiger partial charge in [0.25, 0.3) is 0 Å². The van der Waals surface area contributed by atoms with Crippen molar-refractivity contribution >= 4 is 11.8 Å². The van der Waals surface area contributed by atoms with Gasteiger partial charge in [0.2, 0.25) is 11.8 Å². The lowest BCUT2D eigenvalue weighted by atomic mass is 10.1. The van der Waals surface area contributed by atoms with Gasteiger partial charge in [0.1, 0.15) is 12.6 Å². The molecule has 1 heterocycles. The highest BCUT2D eigenvalue weighted by Gasteiger charge is 2.30. The van der Waals surface area contributed by atoms with Gasteiger partial charge in [0, 0.05) is 33.8 Å². The van der Waals surface area contributed by atoms with Gasteiger partial charge >= 0.3 is 0 Å². The molecule has 1 saturated heterocycles. The molecule has 1 aliphatic heterocycles. The van der Waals surface area contributed by atoms with Crippen LogP contribution in [0.4, 0.5) is 0 Å². The minimum absolute atomic E-state index is 0.0213. The molecule has 15 heavy (non-hydrogen) atoms. The summed E-state index contributed by atoms with van der Waals surface area (Å²) in [5.74, 6) is -0.292. The van der Waals surface area contributed by atoms with Crippen molar-refractivity contribution in [2.75, 3.05) is 40.4 Å². The van der Waals surface area contributed by atoms with Gasteiger partial charge in [0.15, 0.2) is 0 Å². The Labute approximate surface area is 88.9 Å². The molecule has 2 amide bonds. The van der Waals surface area contributed by atoms with E-state index in [1.165, 1.54) is 7.11 Å². The van der Waals surface area contributed by atoms with E-state index in [1.54, 1.807) is 11.9 Å². The van der Waals surface area contributed by atoms with Gasteiger partial charge in [-0.1, -0.05) is 0 Å². The van der Waals surface area contributed by atoms with Crippen molar-refractivity contribution in [3.63, 3.8) is 0 Å². The van der Waals surface area contributed by atoms with Crippen LogP contribution >= 0.6 is 0 Å². The lowest BCUT2D eigenvalue weighted by Gasteiger charge is -2.34. The van der Waals surface area contributed by atoms with Gasteiger partial charge in [-0.15, -0.1) is 0 Å². The predicted molar refractivity (Wildman–Crippen MR) is 54.3 cm³/mol. The minimum atomic E-state index is -0.425. The normalized spacial score (nSPS) is 21.2. The largest absolute Gasteiger partial charge is 0.375 e. The number of nitrogens with zero attached hydrogens (tertiary/aromatic N) is 1. The molecule has 86 valence electrons. The molecule has 0 spiro atoms. The zero-order valence-electron chi connectivity index (χ0n) is 9.08. The number of methoxy groups -OCH3 is 1. The van der Waals surface area contributed by atoms with Crippen LogP contribution < -0.4 is 10.6 Å². The summed E-state index contributed by atoms with van der Waals surface area (Å²) >= 11 is 0. The fourth-order valence-corrected chi connectivity index (χ4v) is 1.61. The first-order valence-electron chi connectivity index (χ1n) is 4.91. The molecule has 0 aliphatic carbocycles. The SMILES string of the molecule is CNC(=O)[C@H]1CNCCN1C(=O)COC. The van der Waals surface area contributed by atoms with Gasteiger partial charge in [-0.05, 0) is 0 Å². The number of ether oxygens (including phenoxy) is 1. The van der Waals surface area contributed by atoms with Crippen molar-refractivity contribution in [1.29, 1.82) is 0 Å². The lowest BCUT2D eigenvalue weighted by Crippen LogP contribution is -2.59. The number of piperazine rings is 1. The van der Waals surface area contributed by atoms with Crippen LogP contribution in [0.5, 0.6) is 0 Å². The fourth-order valence-electron chi connectivity index (χ4n) is 1.61. The van der Waals surface area contributed by atoms with Crippen molar-refractivity contribution in [3.8, 4) is 0 Å². The molecule has 0 unspecified atom stereocenters. The Balaban J connectivity index is 2.65.